The fraction of sp³-hybridized carbons (Fsp3) is 0.667. The van der Waals surface area contributed by atoms with E-state index in [0.29, 0.717) is 5.92 Å². The average molecular weight is 193 g/mol. The lowest BCUT2D eigenvalue weighted by Gasteiger charge is -2.19. The van der Waals surface area contributed by atoms with Gasteiger partial charge in [0.15, 0.2) is 0 Å². The van der Waals surface area contributed by atoms with Gasteiger partial charge in [-0.15, -0.1) is 0 Å². The van der Waals surface area contributed by atoms with E-state index in [4.69, 9.17) is 0 Å². The number of imidazole rings is 1. The Bertz CT molecular complexity index is 276. The normalized spacial score (nSPS) is 13.1. The lowest BCUT2D eigenvalue weighted by atomic mass is 10.0. The molecule has 1 heterocycles. The van der Waals surface area contributed by atoms with Crippen molar-refractivity contribution in [1.82, 2.24) is 9.55 Å². The van der Waals surface area contributed by atoms with Gasteiger partial charge in [-0.05, 0) is 6.42 Å². The van der Waals surface area contributed by atoms with Gasteiger partial charge in [0, 0.05) is 25.4 Å². The molecule has 1 unspecified atom stereocenters. The number of hydrogen-bond donors (Lipinski definition) is 0. The molecule has 14 heavy (non-hydrogen) atoms. The molecular formula is C12H21N2-. The largest absolute Gasteiger partial charge is 0.335 e. The molecule has 0 saturated heterocycles. The Morgan fingerprint density at radius 3 is 2.71 bits per heavy atom. The highest BCUT2D eigenvalue weighted by Gasteiger charge is 2.04. The molecule has 0 aliphatic carbocycles. The molecule has 0 bridgehead atoms. The summed E-state index contributed by atoms with van der Waals surface area (Å²) in [5, 5.41) is 0. The summed E-state index contributed by atoms with van der Waals surface area (Å²) in [6.45, 7) is 6.60. The molecule has 1 aromatic rings. The van der Waals surface area contributed by atoms with E-state index >= 15 is 0 Å². The van der Waals surface area contributed by atoms with Gasteiger partial charge in [-0.3, -0.25) is 0 Å². The SMILES string of the molecule is CC[CH-]C(C)Cc1cnc(CC)n1C. The van der Waals surface area contributed by atoms with Crippen LogP contribution >= 0.6 is 0 Å². The lowest BCUT2D eigenvalue weighted by Crippen LogP contribution is -2.06. The van der Waals surface area contributed by atoms with Gasteiger partial charge in [-0.25, -0.2) is 4.98 Å². The smallest absolute Gasteiger partial charge is 0.108 e. The van der Waals surface area contributed by atoms with Crippen LogP contribution in [0.5, 0.6) is 0 Å². The molecule has 1 atom stereocenters. The van der Waals surface area contributed by atoms with Gasteiger partial charge >= 0.3 is 0 Å². The standard InChI is InChI=1S/C12H21N2/c1-5-7-10(3)8-11-9-13-12(6-2)14(11)4/h7,9-10H,5-6,8H2,1-4H3/q-1. The second-order valence-corrected chi connectivity index (χ2v) is 3.90. The van der Waals surface area contributed by atoms with Crippen LogP contribution in [0.1, 0.15) is 38.7 Å². The Balaban J connectivity index is 2.62. The molecule has 1 rings (SSSR count). The van der Waals surface area contributed by atoms with Gasteiger partial charge in [-0.1, -0.05) is 20.8 Å². The Kier molecular flexibility index (Phi) is 4.18. The maximum Gasteiger partial charge on any atom is 0.108 e. The summed E-state index contributed by atoms with van der Waals surface area (Å²) in [7, 11) is 2.11. The molecule has 0 spiro atoms. The van der Waals surface area contributed by atoms with Crippen LogP contribution < -0.4 is 0 Å². The van der Waals surface area contributed by atoms with E-state index in [9.17, 15) is 0 Å². The Labute approximate surface area is 87.4 Å². The summed E-state index contributed by atoms with van der Waals surface area (Å²) < 4.78 is 2.22. The molecule has 0 radical (unpaired) electrons. The molecule has 1 aromatic heterocycles. The lowest BCUT2D eigenvalue weighted by molar-refractivity contribution is 0.611. The quantitative estimate of drug-likeness (QED) is 0.657. The van der Waals surface area contributed by atoms with Crippen LogP contribution in [0, 0.1) is 12.3 Å². The van der Waals surface area contributed by atoms with Crippen molar-refractivity contribution in [3.05, 3.63) is 24.1 Å². The summed E-state index contributed by atoms with van der Waals surface area (Å²) in [5.41, 5.74) is 1.35. The highest BCUT2D eigenvalue weighted by atomic mass is 15.1. The molecule has 0 N–H and O–H groups in total. The van der Waals surface area contributed by atoms with Crippen molar-refractivity contribution in [2.75, 3.05) is 0 Å². The zero-order valence-electron chi connectivity index (χ0n) is 9.75. The van der Waals surface area contributed by atoms with E-state index in [-0.39, 0.29) is 0 Å². The third kappa shape index (κ3) is 2.60. The molecule has 0 saturated carbocycles. The van der Waals surface area contributed by atoms with Crippen molar-refractivity contribution in [1.29, 1.82) is 0 Å². The zero-order chi connectivity index (χ0) is 10.6. The first-order chi connectivity index (χ1) is 6.69. The molecule has 0 aliphatic heterocycles. The minimum atomic E-state index is 0.653. The van der Waals surface area contributed by atoms with Gasteiger partial charge in [0.05, 0.1) is 0 Å². The summed E-state index contributed by atoms with van der Waals surface area (Å²) >= 11 is 0. The number of rotatable bonds is 5. The topological polar surface area (TPSA) is 17.8 Å². The number of hydrogen-bond acceptors (Lipinski definition) is 1. The van der Waals surface area contributed by atoms with Gasteiger partial charge in [0.25, 0.3) is 0 Å². The van der Waals surface area contributed by atoms with E-state index in [1.165, 1.54) is 11.5 Å². The van der Waals surface area contributed by atoms with Crippen LogP contribution in [0.25, 0.3) is 0 Å². The highest BCUT2D eigenvalue weighted by Crippen LogP contribution is 2.13. The van der Waals surface area contributed by atoms with Crippen molar-refractivity contribution >= 4 is 0 Å². The highest BCUT2D eigenvalue weighted by molar-refractivity contribution is 5.06. The summed E-state index contributed by atoms with van der Waals surface area (Å²) in [5.74, 6) is 1.84. The molecule has 2 heteroatoms. The van der Waals surface area contributed by atoms with Crippen LogP contribution in [-0.4, -0.2) is 9.55 Å². The monoisotopic (exact) mass is 193 g/mol. The third-order valence-electron chi connectivity index (χ3n) is 2.67. The summed E-state index contributed by atoms with van der Waals surface area (Å²) in [6, 6.07) is 0. The molecule has 0 fully saturated rings. The fourth-order valence-corrected chi connectivity index (χ4v) is 1.82. The Morgan fingerprint density at radius 1 is 1.50 bits per heavy atom. The predicted octanol–water partition coefficient (Wildman–Crippen LogP) is 2.78. The van der Waals surface area contributed by atoms with E-state index in [1.807, 2.05) is 6.20 Å². The molecule has 0 aromatic carbocycles. The van der Waals surface area contributed by atoms with E-state index in [0.717, 1.165) is 19.3 Å². The molecule has 2 nitrogen and oxygen atoms in total. The minimum Gasteiger partial charge on any atom is -0.335 e. The third-order valence-corrected chi connectivity index (χ3v) is 2.67. The van der Waals surface area contributed by atoms with E-state index < -0.39 is 0 Å². The van der Waals surface area contributed by atoms with E-state index in [1.54, 1.807) is 0 Å². The van der Waals surface area contributed by atoms with Crippen LogP contribution in [0.15, 0.2) is 6.20 Å². The maximum atomic E-state index is 4.40. The second-order valence-electron chi connectivity index (χ2n) is 3.90. The first kappa shape index (κ1) is 11.3. The van der Waals surface area contributed by atoms with E-state index in [2.05, 4.69) is 43.8 Å². The number of aryl methyl sites for hydroxylation is 1. The molecule has 0 aliphatic rings. The van der Waals surface area contributed by atoms with Crippen molar-refractivity contribution in [2.24, 2.45) is 13.0 Å². The van der Waals surface area contributed by atoms with Crippen LogP contribution in [-0.2, 0) is 19.9 Å². The van der Waals surface area contributed by atoms with Crippen molar-refractivity contribution in [3.8, 4) is 0 Å². The van der Waals surface area contributed by atoms with Gasteiger partial charge < -0.3 is 11.0 Å². The Morgan fingerprint density at radius 2 is 2.21 bits per heavy atom. The molecule has 0 amide bonds. The molecular weight excluding hydrogens is 172 g/mol. The van der Waals surface area contributed by atoms with Crippen molar-refractivity contribution in [2.45, 2.75) is 40.0 Å². The summed E-state index contributed by atoms with van der Waals surface area (Å²) in [4.78, 5) is 4.40. The van der Waals surface area contributed by atoms with Crippen LogP contribution in [0.4, 0.5) is 0 Å². The van der Waals surface area contributed by atoms with Crippen LogP contribution in [0.3, 0.4) is 0 Å². The number of aromatic nitrogens is 2. The molecule has 80 valence electrons. The van der Waals surface area contributed by atoms with Gasteiger partial charge in [0.1, 0.15) is 5.82 Å². The van der Waals surface area contributed by atoms with Gasteiger partial charge in [0.2, 0.25) is 0 Å². The zero-order valence-corrected chi connectivity index (χ0v) is 9.75. The first-order valence-electron chi connectivity index (χ1n) is 5.51. The average Bonchev–Trinajstić information content (AvgIpc) is 2.48. The number of nitrogens with zero attached hydrogens (tertiary/aromatic N) is 2. The van der Waals surface area contributed by atoms with Crippen molar-refractivity contribution in [3.63, 3.8) is 0 Å². The van der Waals surface area contributed by atoms with Crippen molar-refractivity contribution < 1.29 is 0 Å². The minimum absolute atomic E-state index is 0.653. The Hall–Kier alpha value is -0.790. The predicted molar refractivity (Wildman–Crippen MR) is 60.0 cm³/mol. The summed E-state index contributed by atoms with van der Waals surface area (Å²) in [6.07, 6.45) is 7.65. The van der Waals surface area contributed by atoms with Gasteiger partial charge in [-0.2, -0.15) is 12.3 Å². The second kappa shape index (κ2) is 5.18. The van der Waals surface area contributed by atoms with Crippen LogP contribution in [0.2, 0.25) is 0 Å². The maximum absolute atomic E-state index is 4.40. The first-order valence-corrected chi connectivity index (χ1v) is 5.51. The fourth-order valence-electron chi connectivity index (χ4n) is 1.82.